The summed E-state index contributed by atoms with van der Waals surface area (Å²) in [6, 6.07) is 2.57. The van der Waals surface area contributed by atoms with Crippen molar-refractivity contribution >= 4 is 22.4 Å². The van der Waals surface area contributed by atoms with Gasteiger partial charge in [-0.25, -0.2) is 5.10 Å². The van der Waals surface area contributed by atoms with E-state index >= 15 is 0 Å². The van der Waals surface area contributed by atoms with Crippen LogP contribution in [0.2, 0.25) is 0 Å². The molecule has 8 nitrogen and oxygen atoms in total. The molecular formula is C10H12N6O2S. The van der Waals surface area contributed by atoms with Gasteiger partial charge in [-0.1, -0.05) is 11.3 Å². The predicted molar refractivity (Wildman–Crippen MR) is 70.1 cm³/mol. The van der Waals surface area contributed by atoms with Crippen molar-refractivity contribution < 1.29 is 4.79 Å². The van der Waals surface area contributed by atoms with E-state index < -0.39 is 5.91 Å². The zero-order chi connectivity index (χ0) is 13.7. The van der Waals surface area contributed by atoms with Gasteiger partial charge in [-0.15, -0.1) is 10.2 Å². The number of rotatable bonds is 5. The van der Waals surface area contributed by atoms with E-state index in [1.54, 1.807) is 0 Å². The fourth-order valence-corrected chi connectivity index (χ4v) is 2.07. The maximum atomic E-state index is 11.8. The van der Waals surface area contributed by atoms with Crippen molar-refractivity contribution in [1.29, 1.82) is 0 Å². The lowest BCUT2D eigenvalue weighted by Gasteiger charge is -1.98. The van der Waals surface area contributed by atoms with Crippen LogP contribution in [0.25, 0.3) is 0 Å². The second-order valence-electron chi connectivity index (χ2n) is 3.65. The number of aryl methyl sites for hydroxylation is 1. The molecule has 0 unspecified atom stereocenters. The van der Waals surface area contributed by atoms with E-state index in [1.807, 2.05) is 0 Å². The van der Waals surface area contributed by atoms with E-state index in [4.69, 9.17) is 5.73 Å². The minimum absolute atomic E-state index is 0.110. The minimum atomic E-state index is -0.447. The van der Waals surface area contributed by atoms with Crippen LogP contribution in [0.15, 0.2) is 16.9 Å². The Morgan fingerprint density at radius 2 is 2.26 bits per heavy atom. The van der Waals surface area contributed by atoms with Crippen molar-refractivity contribution in [3.05, 3.63) is 33.2 Å². The fourth-order valence-electron chi connectivity index (χ4n) is 1.29. The summed E-state index contributed by atoms with van der Waals surface area (Å²) in [7, 11) is 0. The number of anilines is 1. The largest absolute Gasteiger partial charge is 0.330 e. The van der Waals surface area contributed by atoms with Crippen LogP contribution in [-0.4, -0.2) is 32.8 Å². The highest BCUT2D eigenvalue weighted by Crippen LogP contribution is 2.16. The lowest BCUT2D eigenvalue weighted by molar-refractivity contribution is 0.102. The highest BCUT2D eigenvalue weighted by molar-refractivity contribution is 7.15. The fraction of sp³-hybridized carbons (Fsp3) is 0.300. The molecule has 100 valence electrons. The van der Waals surface area contributed by atoms with Gasteiger partial charge in [0.2, 0.25) is 5.13 Å². The topological polar surface area (TPSA) is 127 Å². The van der Waals surface area contributed by atoms with Gasteiger partial charge in [0.15, 0.2) is 0 Å². The first-order valence-corrected chi connectivity index (χ1v) is 6.40. The van der Waals surface area contributed by atoms with Crippen LogP contribution in [0, 0.1) is 0 Å². The summed E-state index contributed by atoms with van der Waals surface area (Å²) in [5.74, 6) is -0.447. The van der Waals surface area contributed by atoms with Crippen molar-refractivity contribution in [2.45, 2.75) is 12.8 Å². The molecule has 4 N–H and O–H groups in total. The summed E-state index contributed by atoms with van der Waals surface area (Å²) in [6.07, 6.45) is 1.56. The van der Waals surface area contributed by atoms with Crippen LogP contribution < -0.4 is 16.6 Å². The average Bonchev–Trinajstić information content (AvgIpc) is 2.84. The molecule has 19 heavy (non-hydrogen) atoms. The summed E-state index contributed by atoms with van der Waals surface area (Å²) in [5.41, 5.74) is 5.15. The SMILES string of the molecule is NCCCc1nnc(NC(=O)c2ccc(=O)[nH]n2)s1. The Morgan fingerprint density at radius 1 is 1.42 bits per heavy atom. The number of aromatic amines is 1. The molecule has 1 amide bonds. The van der Waals surface area contributed by atoms with Crippen LogP contribution in [0.3, 0.4) is 0 Å². The normalized spacial score (nSPS) is 10.4. The molecule has 0 aromatic carbocycles. The number of aromatic nitrogens is 4. The Kier molecular flexibility index (Phi) is 4.31. The number of carbonyl (C=O) groups is 1. The number of hydrogen-bond donors (Lipinski definition) is 3. The number of nitrogens with one attached hydrogen (secondary N) is 2. The number of hydrogen-bond acceptors (Lipinski definition) is 7. The van der Waals surface area contributed by atoms with Crippen molar-refractivity contribution in [1.82, 2.24) is 20.4 Å². The first kappa shape index (κ1) is 13.3. The summed E-state index contributed by atoms with van der Waals surface area (Å²) in [4.78, 5) is 22.6. The third-order valence-corrected chi connectivity index (χ3v) is 3.09. The van der Waals surface area contributed by atoms with Gasteiger partial charge in [-0.05, 0) is 19.0 Å². The molecule has 0 radical (unpaired) electrons. The van der Waals surface area contributed by atoms with Gasteiger partial charge in [-0.3, -0.25) is 14.9 Å². The van der Waals surface area contributed by atoms with Crippen molar-refractivity contribution in [2.24, 2.45) is 5.73 Å². The summed E-state index contributed by atoms with van der Waals surface area (Å²) >= 11 is 1.29. The zero-order valence-corrected chi connectivity index (χ0v) is 10.7. The van der Waals surface area contributed by atoms with Crippen LogP contribution in [0.5, 0.6) is 0 Å². The van der Waals surface area contributed by atoms with Crippen LogP contribution in [-0.2, 0) is 6.42 Å². The molecule has 0 bridgehead atoms. The van der Waals surface area contributed by atoms with E-state index in [-0.39, 0.29) is 11.3 Å². The van der Waals surface area contributed by atoms with E-state index in [0.29, 0.717) is 11.7 Å². The molecule has 0 saturated carbocycles. The second-order valence-corrected chi connectivity index (χ2v) is 4.72. The van der Waals surface area contributed by atoms with Gasteiger partial charge < -0.3 is 5.73 Å². The van der Waals surface area contributed by atoms with Crippen molar-refractivity contribution in [2.75, 3.05) is 11.9 Å². The summed E-state index contributed by atoms with van der Waals surface area (Å²) < 4.78 is 0. The van der Waals surface area contributed by atoms with E-state index in [0.717, 1.165) is 17.8 Å². The predicted octanol–water partition coefficient (Wildman–Crippen LogP) is -0.235. The summed E-state index contributed by atoms with van der Waals surface area (Å²) in [6.45, 7) is 0.586. The Bertz CT molecular complexity index is 602. The molecule has 2 aromatic rings. The van der Waals surface area contributed by atoms with Crippen LogP contribution in [0.1, 0.15) is 21.9 Å². The van der Waals surface area contributed by atoms with Gasteiger partial charge >= 0.3 is 0 Å². The number of nitrogens with zero attached hydrogens (tertiary/aromatic N) is 3. The third-order valence-electron chi connectivity index (χ3n) is 2.19. The number of carbonyl (C=O) groups excluding carboxylic acids is 1. The highest BCUT2D eigenvalue weighted by Gasteiger charge is 2.11. The molecular weight excluding hydrogens is 268 g/mol. The van der Waals surface area contributed by atoms with Crippen LogP contribution >= 0.6 is 11.3 Å². The molecule has 0 spiro atoms. The monoisotopic (exact) mass is 280 g/mol. The molecule has 2 heterocycles. The molecule has 0 fully saturated rings. The Balaban J connectivity index is 2.00. The number of nitrogens with two attached hydrogens (primary N) is 1. The lowest BCUT2D eigenvalue weighted by atomic mass is 10.3. The zero-order valence-electron chi connectivity index (χ0n) is 9.92. The molecule has 0 aliphatic heterocycles. The minimum Gasteiger partial charge on any atom is -0.330 e. The number of amides is 1. The smallest absolute Gasteiger partial charge is 0.277 e. The van der Waals surface area contributed by atoms with Gasteiger partial charge in [0.05, 0.1) is 0 Å². The van der Waals surface area contributed by atoms with E-state index in [2.05, 4.69) is 25.7 Å². The first-order chi connectivity index (χ1) is 9.19. The van der Waals surface area contributed by atoms with Crippen molar-refractivity contribution in [3.8, 4) is 0 Å². The van der Waals surface area contributed by atoms with E-state index in [1.165, 1.54) is 23.5 Å². The van der Waals surface area contributed by atoms with Gasteiger partial charge in [0.1, 0.15) is 10.7 Å². The highest BCUT2D eigenvalue weighted by atomic mass is 32.1. The van der Waals surface area contributed by atoms with Gasteiger partial charge in [0.25, 0.3) is 11.5 Å². The molecule has 9 heteroatoms. The standard InChI is InChI=1S/C10H12N6O2S/c11-5-1-2-8-15-16-10(19-8)12-9(18)6-3-4-7(17)14-13-6/h3-4H,1-2,5,11H2,(H,14,17)(H,12,16,18). The number of H-pyrrole nitrogens is 1. The first-order valence-electron chi connectivity index (χ1n) is 5.58. The Labute approximate surface area is 112 Å². The third kappa shape index (κ3) is 3.66. The lowest BCUT2D eigenvalue weighted by Crippen LogP contribution is -2.17. The molecule has 0 aliphatic carbocycles. The maximum Gasteiger partial charge on any atom is 0.277 e. The van der Waals surface area contributed by atoms with E-state index in [9.17, 15) is 9.59 Å². The average molecular weight is 280 g/mol. The Hall–Kier alpha value is -2.13. The van der Waals surface area contributed by atoms with Gasteiger partial charge in [-0.2, -0.15) is 5.10 Å². The quantitative estimate of drug-likeness (QED) is 0.694. The molecule has 0 atom stereocenters. The van der Waals surface area contributed by atoms with Crippen LogP contribution in [0.4, 0.5) is 5.13 Å². The maximum absolute atomic E-state index is 11.8. The summed E-state index contributed by atoms with van der Waals surface area (Å²) in [5, 5.41) is 17.4. The molecule has 0 aliphatic rings. The molecule has 2 aromatic heterocycles. The Morgan fingerprint density at radius 3 is 2.95 bits per heavy atom. The molecule has 0 saturated heterocycles. The second kappa shape index (κ2) is 6.16. The molecule has 2 rings (SSSR count). The van der Waals surface area contributed by atoms with Gasteiger partial charge in [0, 0.05) is 12.5 Å². The van der Waals surface area contributed by atoms with Crippen molar-refractivity contribution in [3.63, 3.8) is 0 Å².